The normalized spacial score (nSPS) is 10.4. The van der Waals surface area contributed by atoms with Gasteiger partial charge in [0, 0.05) is 11.9 Å². The Kier molecular flexibility index (Phi) is 5.09. The molecule has 0 fully saturated rings. The SMILES string of the molecule is CCCCc1c[nH]c(CC)c1C(=O)OCC. The molecule has 0 aliphatic heterocycles. The minimum absolute atomic E-state index is 0.188. The third-order valence-electron chi connectivity index (χ3n) is 2.68. The van der Waals surface area contributed by atoms with Crippen LogP contribution in [-0.2, 0) is 17.6 Å². The molecular weight excluding hydrogens is 202 g/mol. The first-order valence-electron chi connectivity index (χ1n) is 6.10. The zero-order chi connectivity index (χ0) is 12.0. The van der Waals surface area contributed by atoms with Crippen molar-refractivity contribution in [2.75, 3.05) is 6.61 Å². The van der Waals surface area contributed by atoms with Crippen LogP contribution < -0.4 is 0 Å². The van der Waals surface area contributed by atoms with Crippen LogP contribution in [0.3, 0.4) is 0 Å². The number of esters is 1. The molecule has 0 bridgehead atoms. The number of nitrogens with one attached hydrogen (secondary N) is 1. The molecule has 0 saturated carbocycles. The van der Waals surface area contributed by atoms with Gasteiger partial charge >= 0.3 is 5.97 Å². The first-order chi connectivity index (χ1) is 7.74. The molecule has 1 rings (SSSR count). The summed E-state index contributed by atoms with van der Waals surface area (Å²) >= 11 is 0. The summed E-state index contributed by atoms with van der Waals surface area (Å²) < 4.78 is 5.09. The lowest BCUT2D eigenvalue weighted by Gasteiger charge is -2.05. The summed E-state index contributed by atoms with van der Waals surface area (Å²) in [6.45, 7) is 6.46. The van der Waals surface area contributed by atoms with Crippen LogP contribution in [0, 0.1) is 0 Å². The molecule has 16 heavy (non-hydrogen) atoms. The Morgan fingerprint density at radius 1 is 1.38 bits per heavy atom. The van der Waals surface area contributed by atoms with Gasteiger partial charge in [0.05, 0.1) is 12.2 Å². The summed E-state index contributed by atoms with van der Waals surface area (Å²) in [5, 5.41) is 0. The van der Waals surface area contributed by atoms with Crippen molar-refractivity contribution in [1.29, 1.82) is 0 Å². The minimum Gasteiger partial charge on any atom is -0.462 e. The smallest absolute Gasteiger partial charge is 0.340 e. The lowest BCUT2D eigenvalue weighted by atomic mass is 10.0. The monoisotopic (exact) mass is 223 g/mol. The van der Waals surface area contributed by atoms with Crippen LogP contribution in [0.4, 0.5) is 0 Å². The summed E-state index contributed by atoms with van der Waals surface area (Å²) in [6, 6.07) is 0. The van der Waals surface area contributed by atoms with Gasteiger partial charge in [0.1, 0.15) is 0 Å². The van der Waals surface area contributed by atoms with Gasteiger partial charge in [0.2, 0.25) is 0 Å². The standard InChI is InChI=1S/C13H21NO2/c1-4-7-8-10-9-14-11(5-2)12(10)13(15)16-6-3/h9,14H,4-8H2,1-3H3. The van der Waals surface area contributed by atoms with Gasteiger partial charge in [-0.15, -0.1) is 0 Å². The van der Waals surface area contributed by atoms with E-state index in [1.165, 1.54) is 0 Å². The predicted octanol–water partition coefficient (Wildman–Crippen LogP) is 3.10. The van der Waals surface area contributed by atoms with E-state index >= 15 is 0 Å². The Labute approximate surface area is 97.2 Å². The van der Waals surface area contributed by atoms with Crippen LogP contribution in [0.25, 0.3) is 0 Å². The number of rotatable bonds is 6. The highest BCUT2D eigenvalue weighted by molar-refractivity contribution is 5.92. The van der Waals surface area contributed by atoms with E-state index in [2.05, 4.69) is 11.9 Å². The van der Waals surface area contributed by atoms with Crippen LogP contribution in [0.5, 0.6) is 0 Å². The lowest BCUT2D eigenvalue weighted by molar-refractivity contribution is 0.0524. The van der Waals surface area contributed by atoms with E-state index in [4.69, 9.17) is 4.74 Å². The third-order valence-corrected chi connectivity index (χ3v) is 2.68. The fraction of sp³-hybridized carbons (Fsp3) is 0.615. The van der Waals surface area contributed by atoms with Crippen molar-refractivity contribution in [3.05, 3.63) is 23.0 Å². The highest BCUT2D eigenvalue weighted by atomic mass is 16.5. The van der Waals surface area contributed by atoms with Gasteiger partial charge in [-0.25, -0.2) is 4.79 Å². The molecule has 0 aliphatic carbocycles. The van der Waals surface area contributed by atoms with E-state index < -0.39 is 0 Å². The van der Waals surface area contributed by atoms with E-state index in [9.17, 15) is 4.79 Å². The predicted molar refractivity (Wildman–Crippen MR) is 64.7 cm³/mol. The van der Waals surface area contributed by atoms with Crippen molar-refractivity contribution in [2.24, 2.45) is 0 Å². The van der Waals surface area contributed by atoms with Gasteiger partial charge in [-0.3, -0.25) is 0 Å². The maximum absolute atomic E-state index is 11.8. The van der Waals surface area contributed by atoms with Crippen molar-refractivity contribution in [1.82, 2.24) is 4.98 Å². The van der Waals surface area contributed by atoms with E-state index in [0.29, 0.717) is 6.61 Å². The largest absolute Gasteiger partial charge is 0.462 e. The van der Waals surface area contributed by atoms with Crippen molar-refractivity contribution >= 4 is 5.97 Å². The molecule has 1 heterocycles. The Balaban J connectivity index is 2.91. The van der Waals surface area contributed by atoms with Gasteiger partial charge in [-0.2, -0.15) is 0 Å². The number of unbranched alkanes of at least 4 members (excludes halogenated alkanes) is 1. The van der Waals surface area contributed by atoms with E-state index in [-0.39, 0.29) is 5.97 Å². The maximum atomic E-state index is 11.8. The second-order valence-corrected chi connectivity index (χ2v) is 3.85. The van der Waals surface area contributed by atoms with Crippen molar-refractivity contribution in [3.8, 4) is 0 Å². The van der Waals surface area contributed by atoms with Crippen LogP contribution in [0.15, 0.2) is 6.20 Å². The average molecular weight is 223 g/mol. The fourth-order valence-electron chi connectivity index (χ4n) is 1.81. The lowest BCUT2D eigenvalue weighted by Crippen LogP contribution is -2.09. The Hall–Kier alpha value is -1.25. The van der Waals surface area contributed by atoms with E-state index in [0.717, 1.165) is 42.5 Å². The molecular formula is C13H21NO2. The quantitative estimate of drug-likeness (QED) is 0.753. The summed E-state index contributed by atoms with van der Waals surface area (Å²) in [5.41, 5.74) is 2.85. The van der Waals surface area contributed by atoms with Crippen LogP contribution in [0.2, 0.25) is 0 Å². The average Bonchev–Trinajstić information content (AvgIpc) is 2.69. The second kappa shape index (κ2) is 6.36. The molecule has 0 aromatic carbocycles. The second-order valence-electron chi connectivity index (χ2n) is 3.85. The van der Waals surface area contributed by atoms with Crippen molar-refractivity contribution in [3.63, 3.8) is 0 Å². The maximum Gasteiger partial charge on any atom is 0.340 e. The highest BCUT2D eigenvalue weighted by Crippen LogP contribution is 2.18. The Morgan fingerprint density at radius 3 is 2.69 bits per heavy atom. The Morgan fingerprint density at radius 2 is 2.12 bits per heavy atom. The Bertz CT molecular complexity index is 342. The highest BCUT2D eigenvalue weighted by Gasteiger charge is 2.18. The van der Waals surface area contributed by atoms with Gasteiger partial charge in [-0.1, -0.05) is 20.3 Å². The third kappa shape index (κ3) is 2.87. The van der Waals surface area contributed by atoms with E-state index in [1.807, 2.05) is 20.0 Å². The van der Waals surface area contributed by atoms with Crippen molar-refractivity contribution < 1.29 is 9.53 Å². The van der Waals surface area contributed by atoms with Crippen LogP contribution >= 0.6 is 0 Å². The molecule has 0 unspecified atom stereocenters. The fourth-order valence-corrected chi connectivity index (χ4v) is 1.81. The number of aromatic nitrogens is 1. The molecule has 0 amide bonds. The summed E-state index contributed by atoms with van der Waals surface area (Å²) in [7, 11) is 0. The topological polar surface area (TPSA) is 42.1 Å². The molecule has 0 aliphatic rings. The molecule has 0 spiro atoms. The number of hydrogen-bond acceptors (Lipinski definition) is 2. The molecule has 3 nitrogen and oxygen atoms in total. The van der Waals surface area contributed by atoms with Gasteiger partial charge in [0.25, 0.3) is 0 Å². The molecule has 0 saturated heterocycles. The molecule has 0 radical (unpaired) electrons. The van der Waals surface area contributed by atoms with Gasteiger partial charge in [0.15, 0.2) is 0 Å². The van der Waals surface area contributed by atoms with Gasteiger partial charge < -0.3 is 9.72 Å². The van der Waals surface area contributed by atoms with Crippen molar-refractivity contribution in [2.45, 2.75) is 46.5 Å². The van der Waals surface area contributed by atoms with Gasteiger partial charge in [-0.05, 0) is 31.7 Å². The number of ether oxygens (including phenoxy) is 1. The van der Waals surface area contributed by atoms with Crippen LogP contribution in [0.1, 0.15) is 55.2 Å². The minimum atomic E-state index is -0.188. The summed E-state index contributed by atoms with van der Waals surface area (Å²) in [5.74, 6) is -0.188. The summed E-state index contributed by atoms with van der Waals surface area (Å²) in [4.78, 5) is 15.0. The zero-order valence-electron chi connectivity index (χ0n) is 10.4. The molecule has 1 aromatic heterocycles. The number of H-pyrrole nitrogens is 1. The molecule has 1 aromatic rings. The number of hydrogen-bond donors (Lipinski definition) is 1. The zero-order valence-corrected chi connectivity index (χ0v) is 10.4. The molecule has 90 valence electrons. The number of aromatic amines is 1. The number of carbonyl (C=O) groups is 1. The molecule has 1 N–H and O–H groups in total. The summed E-state index contributed by atoms with van der Waals surface area (Å²) in [6.07, 6.45) is 5.96. The first-order valence-corrected chi connectivity index (χ1v) is 6.10. The first kappa shape index (κ1) is 12.8. The number of carbonyl (C=O) groups excluding carboxylic acids is 1. The molecule has 0 atom stereocenters. The molecule has 3 heteroatoms. The van der Waals surface area contributed by atoms with E-state index in [1.54, 1.807) is 0 Å². The van der Waals surface area contributed by atoms with Crippen LogP contribution in [-0.4, -0.2) is 17.6 Å². The number of aryl methyl sites for hydroxylation is 2.